The fourth-order valence-corrected chi connectivity index (χ4v) is 26.5. The molecule has 0 aliphatic carbocycles. The lowest BCUT2D eigenvalue weighted by Crippen LogP contribution is -2.59. The first-order valence-electron chi connectivity index (χ1n) is 3.48. The number of halogens is 2. The van der Waals surface area contributed by atoms with Gasteiger partial charge in [-0.1, -0.05) is 32.7 Å². The molecule has 0 amide bonds. The second-order valence-corrected chi connectivity index (χ2v) is 34.5. The van der Waals surface area contributed by atoms with E-state index in [0.29, 0.717) is 0 Å². The Hall–Kier alpha value is 1.23. The lowest BCUT2D eigenvalue weighted by Gasteiger charge is -2.35. The van der Waals surface area contributed by atoms with E-state index in [1.54, 1.807) is 0 Å². The van der Waals surface area contributed by atoms with Crippen molar-refractivity contribution in [1.82, 2.24) is 0 Å². The first kappa shape index (κ1) is 11.2. The minimum atomic E-state index is -1.36. The zero-order chi connectivity index (χ0) is 8.58. The van der Waals surface area contributed by atoms with Crippen LogP contribution in [-0.4, -0.2) is 21.6 Å². The average Bonchev–Trinajstić information content (AvgIpc) is 1.62. The lowest BCUT2D eigenvalue weighted by atomic mass is 11.8. The van der Waals surface area contributed by atoms with Gasteiger partial charge < -0.3 is 0 Å². The van der Waals surface area contributed by atoms with Crippen LogP contribution < -0.4 is 0 Å². The van der Waals surface area contributed by atoms with Crippen molar-refractivity contribution < 1.29 is 0 Å². The number of hydrogen-bond acceptors (Lipinski definition) is 0. The van der Waals surface area contributed by atoms with Crippen molar-refractivity contribution in [2.45, 2.75) is 32.7 Å². The maximum absolute atomic E-state index is 6.05. The van der Waals surface area contributed by atoms with E-state index in [4.69, 9.17) is 22.2 Å². The van der Waals surface area contributed by atoms with Crippen molar-refractivity contribution in [1.29, 1.82) is 0 Å². The summed E-state index contributed by atoms with van der Waals surface area (Å²) in [6, 6.07) is 0. The van der Waals surface area contributed by atoms with Crippen LogP contribution in [0.5, 0.6) is 0 Å². The standard InChI is InChI=1S/C5H16Cl2Si3/c1-9(2,3)10(4,5)8(6)7/h8H,1-5H3. The summed E-state index contributed by atoms with van der Waals surface area (Å²) in [5.41, 5.74) is 0. The minimum absolute atomic E-state index is 1.01. The molecule has 0 atom stereocenters. The normalized spacial score (nSPS) is 14.4. The van der Waals surface area contributed by atoms with Crippen LogP contribution in [0, 0.1) is 0 Å². The third-order valence-corrected chi connectivity index (χ3v) is 45.8. The lowest BCUT2D eigenvalue weighted by molar-refractivity contribution is 1.78. The van der Waals surface area contributed by atoms with Gasteiger partial charge in [-0.3, -0.25) is 0 Å². The van der Waals surface area contributed by atoms with E-state index < -0.39 is 21.6 Å². The van der Waals surface area contributed by atoms with E-state index in [2.05, 4.69) is 32.7 Å². The molecule has 0 heterocycles. The predicted molar refractivity (Wildman–Crippen MR) is 59.7 cm³/mol. The Bertz CT molecular complexity index is 117. The summed E-state index contributed by atoms with van der Waals surface area (Å²) in [6.07, 6.45) is 0. The second kappa shape index (κ2) is 3.31. The van der Waals surface area contributed by atoms with Gasteiger partial charge in [-0.2, -0.15) is 22.2 Å². The monoisotopic (exact) mass is 230 g/mol. The molecule has 0 N–H and O–H groups in total. The van der Waals surface area contributed by atoms with Crippen molar-refractivity contribution in [2.75, 3.05) is 0 Å². The summed E-state index contributed by atoms with van der Waals surface area (Å²) in [4.78, 5) is 0. The zero-order valence-corrected chi connectivity index (χ0v) is 12.0. The molecule has 0 fully saturated rings. The summed E-state index contributed by atoms with van der Waals surface area (Å²) in [5, 5.41) is 0. The summed E-state index contributed by atoms with van der Waals surface area (Å²) in [7, 11) is -2.18. The van der Waals surface area contributed by atoms with Crippen molar-refractivity contribution in [3.8, 4) is 0 Å². The van der Waals surface area contributed by atoms with Crippen molar-refractivity contribution in [2.24, 2.45) is 0 Å². The highest BCUT2D eigenvalue weighted by atomic mass is 35.7. The Balaban J connectivity index is 4.40. The van der Waals surface area contributed by atoms with E-state index in [9.17, 15) is 0 Å². The quantitative estimate of drug-likeness (QED) is 0.506. The molecule has 5 heteroatoms. The van der Waals surface area contributed by atoms with Gasteiger partial charge in [-0.05, 0) is 0 Å². The molecule has 0 nitrogen and oxygen atoms in total. The molecule has 10 heavy (non-hydrogen) atoms. The molecule has 0 aromatic carbocycles. The number of hydrogen-bond donors (Lipinski definition) is 0. The maximum atomic E-state index is 6.05. The Labute approximate surface area is 76.5 Å². The van der Waals surface area contributed by atoms with Crippen LogP contribution in [0.25, 0.3) is 0 Å². The average molecular weight is 231 g/mol. The third kappa shape index (κ3) is 2.37. The molecular formula is C5H16Cl2Si3. The maximum Gasteiger partial charge on any atom is 0.222 e. The minimum Gasteiger partial charge on any atom is -0.154 e. The van der Waals surface area contributed by atoms with Crippen molar-refractivity contribution in [3.63, 3.8) is 0 Å². The van der Waals surface area contributed by atoms with Crippen LogP contribution >= 0.6 is 22.2 Å². The Kier molecular flexibility index (Phi) is 3.72. The van der Waals surface area contributed by atoms with Gasteiger partial charge in [-0.25, -0.2) is 0 Å². The summed E-state index contributed by atoms with van der Waals surface area (Å²) in [5.74, 6) is 0. The molecule has 0 aromatic heterocycles. The van der Waals surface area contributed by atoms with Crippen LogP contribution in [0.1, 0.15) is 0 Å². The van der Waals surface area contributed by atoms with E-state index in [1.807, 2.05) is 0 Å². The molecule has 0 unspecified atom stereocenters. The van der Waals surface area contributed by atoms with Gasteiger partial charge in [0.05, 0.1) is 7.11 Å². The summed E-state index contributed by atoms with van der Waals surface area (Å²) < 4.78 is 0. The fourth-order valence-electron chi connectivity index (χ4n) is 0.327. The largest absolute Gasteiger partial charge is 0.222 e. The highest BCUT2D eigenvalue weighted by molar-refractivity contribution is 7.81. The Morgan fingerprint density at radius 2 is 1.20 bits per heavy atom. The Morgan fingerprint density at radius 1 is 0.900 bits per heavy atom. The van der Waals surface area contributed by atoms with Gasteiger partial charge >= 0.3 is 0 Å². The smallest absolute Gasteiger partial charge is 0.154 e. The fraction of sp³-hybridized carbons (Fsp3) is 1.00. The molecule has 0 saturated carbocycles. The molecule has 0 aromatic rings. The van der Waals surface area contributed by atoms with Gasteiger partial charge in [0.2, 0.25) is 6.93 Å². The molecule has 0 rings (SSSR count). The number of rotatable bonds is 2. The van der Waals surface area contributed by atoms with Crippen LogP contribution in [0.3, 0.4) is 0 Å². The third-order valence-electron chi connectivity index (χ3n) is 2.48. The first-order chi connectivity index (χ1) is 4.19. The summed E-state index contributed by atoms with van der Waals surface area (Å²) in [6.45, 7) is 10.5. The second-order valence-electron chi connectivity index (χ2n) is 4.27. The zero-order valence-electron chi connectivity index (χ0n) is 7.33. The van der Waals surface area contributed by atoms with Crippen LogP contribution in [0.15, 0.2) is 0 Å². The predicted octanol–water partition coefficient (Wildman–Crippen LogP) is 2.89. The van der Waals surface area contributed by atoms with E-state index >= 15 is 0 Å². The topological polar surface area (TPSA) is 0 Å². The van der Waals surface area contributed by atoms with Gasteiger partial charge in [0, 0.05) is 7.59 Å². The van der Waals surface area contributed by atoms with E-state index in [1.165, 1.54) is 0 Å². The van der Waals surface area contributed by atoms with Crippen LogP contribution in [0.2, 0.25) is 32.7 Å². The SMILES string of the molecule is C[Si](C)(C)[Si](C)(C)[SiH](Cl)Cl. The Morgan fingerprint density at radius 3 is 1.20 bits per heavy atom. The van der Waals surface area contributed by atoms with Gasteiger partial charge in [-0.15, -0.1) is 0 Å². The molecule has 0 spiro atoms. The van der Waals surface area contributed by atoms with Gasteiger partial charge in [0.1, 0.15) is 0 Å². The van der Waals surface area contributed by atoms with Crippen molar-refractivity contribution >= 4 is 43.8 Å². The molecule has 0 saturated heterocycles. The van der Waals surface area contributed by atoms with Crippen LogP contribution in [0.4, 0.5) is 0 Å². The first-order valence-corrected chi connectivity index (χ1v) is 16.3. The highest BCUT2D eigenvalue weighted by Crippen LogP contribution is 2.24. The van der Waals surface area contributed by atoms with Gasteiger partial charge in [0.25, 0.3) is 0 Å². The molecular weight excluding hydrogens is 215 g/mol. The van der Waals surface area contributed by atoms with Crippen LogP contribution in [-0.2, 0) is 0 Å². The molecule has 62 valence electrons. The van der Waals surface area contributed by atoms with E-state index in [-0.39, 0.29) is 0 Å². The molecule has 0 aliphatic heterocycles. The molecule has 0 bridgehead atoms. The summed E-state index contributed by atoms with van der Waals surface area (Å²) >= 11 is 12.1. The van der Waals surface area contributed by atoms with Crippen molar-refractivity contribution in [3.05, 3.63) is 0 Å². The molecule has 0 radical (unpaired) electrons. The van der Waals surface area contributed by atoms with E-state index in [0.717, 1.165) is 0 Å². The van der Waals surface area contributed by atoms with Gasteiger partial charge in [0.15, 0.2) is 0 Å². The highest BCUT2D eigenvalue weighted by Gasteiger charge is 2.43. The molecule has 0 aliphatic rings.